The second-order valence-electron chi connectivity index (χ2n) is 4.62. The third-order valence-electron chi connectivity index (χ3n) is 3.05. The van der Waals surface area contributed by atoms with Gasteiger partial charge < -0.3 is 10.1 Å². The van der Waals surface area contributed by atoms with Crippen molar-refractivity contribution in [3.05, 3.63) is 66.2 Å². The van der Waals surface area contributed by atoms with E-state index in [4.69, 9.17) is 4.74 Å². The maximum absolute atomic E-state index is 11.7. The van der Waals surface area contributed by atoms with Crippen molar-refractivity contribution >= 4 is 5.97 Å². The summed E-state index contributed by atoms with van der Waals surface area (Å²) in [5, 5.41) is 3.31. The third kappa shape index (κ3) is 4.52. The van der Waals surface area contributed by atoms with Gasteiger partial charge in [-0.2, -0.15) is 0 Å². The van der Waals surface area contributed by atoms with Crippen LogP contribution in [-0.4, -0.2) is 12.5 Å². The molecule has 2 rings (SSSR count). The second kappa shape index (κ2) is 7.46. The monoisotopic (exact) mass is 269 g/mol. The van der Waals surface area contributed by atoms with Crippen LogP contribution in [0, 0.1) is 0 Å². The molecule has 20 heavy (non-hydrogen) atoms. The summed E-state index contributed by atoms with van der Waals surface area (Å²) in [7, 11) is 0. The van der Waals surface area contributed by atoms with E-state index in [0.717, 1.165) is 0 Å². The topological polar surface area (TPSA) is 38.3 Å². The van der Waals surface area contributed by atoms with Gasteiger partial charge in [0.2, 0.25) is 0 Å². The lowest BCUT2D eigenvalue weighted by Gasteiger charge is -2.13. The molecule has 1 unspecified atom stereocenters. The highest BCUT2D eigenvalue weighted by atomic mass is 16.5. The zero-order valence-corrected chi connectivity index (χ0v) is 11.6. The molecule has 3 heteroatoms. The molecule has 0 fully saturated rings. The molecule has 0 radical (unpaired) electrons. The van der Waals surface area contributed by atoms with Crippen LogP contribution in [0.3, 0.4) is 0 Å². The van der Waals surface area contributed by atoms with Gasteiger partial charge >= 0.3 is 5.97 Å². The van der Waals surface area contributed by atoms with Crippen molar-refractivity contribution in [3.8, 4) is 5.75 Å². The van der Waals surface area contributed by atoms with Crippen LogP contribution in [0.4, 0.5) is 0 Å². The smallest absolute Gasteiger partial charge is 0.312 e. The molecule has 0 heterocycles. The van der Waals surface area contributed by atoms with Crippen LogP contribution in [0.1, 0.15) is 24.9 Å². The highest BCUT2D eigenvalue weighted by Crippen LogP contribution is 2.11. The molecule has 0 bridgehead atoms. The molecule has 1 atom stereocenters. The number of benzene rings is 2. The van der Waals surface area contributed by atoms with Gasteiger partial charge in [-0.15, -0.1) is 0 Å². The van der Waals surface area contributed by atoms with Gasteiger partial charge in [-0.05, 0) is 24.6 Å². The Bertz CT molecular complexity index is 525. The number of hydrogen-bond acceptors (Lipinski definition) is 3. The molecule has 0 saturated carbocycles. The summed E-state index contributed by atoms with van der Waals surface area (Å²) in [4.78, 5) is 11.7. The van der Waals surface area contributed by atoms with Gasteiger partial charge in [0.1, 0.15) is 5.75 Å². The van der Waals surface area contributed by atoms with E-state index in [-0.39, 0.29) is 12.0 Å². The van der Waals surface area contributed by atoms with Crippen molar-refractivity contribution in [2.45, 2.75) is 19.4 Å². The van der Waals surface area contributed by atoms with E-state index in [0.29, 0.717) is 18.7 Å². The molecule has 0 aromatic heterocycles. The van der Waals surface area contributed by atoms with E-state index < -0.39 is 0 Å². The summed E-state index contributed by atoms with van der Waals surface area (Å²) in [6.07, 6.45) is 0.353. The maximum atomic E-state index is 11.7. The lowest BCUT2D eigenvalue weighted by atomic mass is 10.1. The van der Waals surface area contributed by atoms with Gasteiger partial charge in [0.25, 0.3) is 0 Å². The Morgan fingerprint density at radius 1 is 1.05 bits per heavy atom. The van der Waals surface area contributed by atoms with E-state index >= 15 is 0 Å². The summed E-state index contributed by atoms with van der Waals surface area (Å²) >= 11 is 0. The van der Waals surface area contributed by atoms with Crippen molar-refractivity contribution in [1.29, 1.82) is 0 Å². The average molecular weight is 269 g/mol. The largest absolute Gasteiger partial charge is 0.426 e. The van der Waals surface area contributed by atoms with E-state index in [9.17, 15) is 4.79 Å². The van der Waals surface area contributed by atoms with Crippen LogP contribution in [0.25, 0.3) is 0 Å². The van der Waals surface area contributed by atoms with E-state index in [1.807, 2.05) is 36.4 Å². The van der Waals surface area contributed by atoms with Crippen molar-refractivity contribution < 1.29 is 9.53 Å². The van der Waals surface area contributed by atoms with Gasteiger partial charge in [0.05, 0.1) is 6.42 Å². The fourth-order valence-electron chi connectivity index (χ4n) is 1.92. The number of para-hydroxylation sites is 1. The molecule has 0 saturated heterocycles. The first-order valence-corrected chi connectivity index (χ1v) is 6.80. The molecule has 2 aromatic rings. The molecule has 104 valence electrons. The Hall–Kier alpha value is -2.13. The summed E-state index contributed by atoms with van der Waals surface area (Å²) in [6, 6.07) is 19.5. The van der Waals surface area contributed by atoms with Crippen LogP contribution in [0.5, 0.6) is 5.75 Å². The quantitative estimate of drug-likeness (QED) is 0.645. The minimum atomic E-state index is -0.219. The predicted octanol–water partition coefficient (Wildman–Crippen LogP) is 3.33. The van der Waals surface area contributed by atoms with Gasteiger partial charge in [-0.3, -0.25) is 4.79 Å². The highest BCUT2D eigenvalue weighted by Gasteiger charge is 2.07. The van der Waals surface area contributed by atoms with Crippen LogP contribution in [0.15, 0.2) is 60.7 Å². The van der Waals surface area contributed by atoms with Crippen LogP contribution >= 0.6 is 0 Å². The fourth-order valence-corrected chi connectivity index (χ4v) is 1.92. The summed E-state index contributed by atoms with van der Waals surface area (Å²) in [5.74, 6) is 0.373. The molecule has 0 aliphatic rings. The number of nitrogens with one attached hydrogen (secondary N) is 1. The molecule has 0 aliphatic heterocycles. The van der Waals surface area contributed by atoms with Gasteiger partial charge in [-0.1, -0.05) is 48.5 Å². The molecule has 0 aliphatic carbocycles. The van der Waals surface area contributed by atoms with Crippen molar-refractivity contribution in [2.24, 2.45) is 0 Å². The molecule has 2 aromatic carbocycles. The average Bonchev–Trinajstić information content (AvgIpc) is 2.49. The van der Waals surface area contributed by atoms with E-state index in [2.05, 4.69) is 24.4 Å². The minimum absolute atomic E-state index is 0.219. The SMILES string of the molecule is CC(NCCC(=O)Oc1ccccc1)c1ccccc1. The zero-order chi connectivity index (χ0) is 14.2. The Morgan fingerprint density at radius 2 is 1.65 bits per heavy atom. The Morgan fingerprint density at radius 3 is 2.30 bits per heavy atom. The van der Waals surface area contributed by atoms with Crippen LogP contribution < -0.4 is 10.1 Å². The van der Waals surface area contributed by atoms with Crippen LogP contribution in [0.2, 0.25) is 0 Å². The Balaban J connectivity index is 1.72. The lowest BCUT2D eigenvalue weighted by Crippen LogP contribution is -2.23. The summed E-state index contributed by atoms with van der Waals surface area (Å²) in [5.41, 5.74) is 1.21. The standard InChI is InChI=1S/C17H19NO2/c1-14(15-8-4-2-5-9-15)18-13-12-17(19)20-16-10-6-3-7-11-16/h2-11,14,18H,12-13H2,1H3. The first-order valence-electron chi connectivity index (χ1n) is 6.80. The summed E-state index contributed by atoms with van der Waals surface area (Å²) < 4.78 is 5.22. The van der Waals surface area contributed by atoms with Crippen molar-refractivity contribution in [2.75, 3.05) is 6.54 Å². The van der Waals surface area contributed by atoms with Crippen molar-refractivity contribution in [3.63, 3.8) is 0 Å². The van der Waals surface area contributed by atoms with Crippen LogP contribution in [-0.2, 0) is 4.79 Å². The first-order chi connectivity index (χ1) is 9.75. The molecule has 0 amide bonds. The fraction of sp³-hybridized carbons (Fsp3) is 0.235. The normalized spacial score (nSPS) is 11.8. The summed E-state index contributed by atoms with van der Waals surface area (Å²) in [6.45, 7) is 2.68. The third-order valence-corrected chi connectivity index (χ3v) is 3.05. The molecular formula is C17H19NO2. The molecule has 3 nitrogen and oxygen atoms in total. The van der Waals surface area contributed by atoms with E-state index in [1.165, 1.54) is 5.56 Å². The molecule has 1 N–H and O–H groups in total. The number of esters is 1. The Kier molecular flexibility index (Phi) is 5.33. The lowest BCUT2D eigenvalue weighted by molar-refractivity contribution is -0.134. The Labute approximate surface area is 119 Å². The molecule has 0 spiro atoms. The number of rotatable bonds is 6. The zero-order valence-electron chi connectivity index (χ0n) is 11.6. The number of carbonyl (C=O) groups is 1. The minimum Gasteiger partial charge on any atom is -0.426 e. The number of hydrogen-bond donors (Lipinski definition) is 1. The number of carbonyl (C=O) groups excluding carboxylic acids is 1. The number of ether oxygens (including phenoxy) is 1. The van der Waals surface area contributed by atoms with Gasteiger partial charge in [-0.25, -0.2) is 0 Å². The van der Waals surface area contributed by atoms with E-state index in [1.54, 1.807) is 12.1 Å². The second-order valence-corrected chi connectivity index (χ2v) is 4.62. The van der Waals surface area contributed by atoms with Crippen molar-refractivity contribution in [1.82, 2.24) is 5.32 Å². The van der Waals surface area contributed by atoms with Gasteiger partial charge in [0.15, 0.2) is 0 Å². The predicted molar refractivity (Wildman–Crippen MR) is 79.6 cm³/mol. The maximum Gasteiger partial charge on any atom is 0.312 e. The first kappa shape index (κ1) is 14.3. The highest BCUT2D eigenvalue weighted by molar-refractivity contribution is 5.72. The molecular weight excluding hydrogens is 250 g/mol. The van der Waals surface area contributed by atoms with Gasteiger partial charge in [0, 0.05) is 12.6 Å².